The molecule has 7 aromatic heterocycles. The summed E-state index contributed by atoms with van der Waals surface area (Å²) in [6.45, 7) is 7.42. The molecule has 0 aliphatic carbocycles. The molecule has 3 N–H and O–H groups in total. The standard InChI is InChI=1S/C9H8N2O.C8H8N2O.C8H6N2O.C5H7BrO3.C5H6N2.2C4H8O.CH4.Al.Li.Mn.2O.4H/c1-7(12)8-6-11-5-3-2-4-9(11)10-8;2*11-6-7-5-10-4-2-1-3-8(10)9-7;1-2-9-5(8)4(7)3-6;6-5-3-1-2-4-7-5;2*1-2-4-5-3-1;;;;;;;;;;/h2-6H,1H3;1-5,11H,6H2;1-6H;2-3H2,1H3;1-4H,(H2,6,7);2*1-4H2;1H4;;;;;;;;;/q;;;;;;;;;+1;;;;;;;-1. The molecule has 9 heterocycles. The van der Waals surface area contributed by atoms with Crippen LogP contribution in [0.1, 0.15) is 75.1 Å². The number of halogens is 1. The van der Waals surface area contributed by atoms with E-state index in [-0.39, 0.29) is 69.4 Å². The van der Waals surface area contributed by atoms with Crippen molar-refractivity contribution in [3.63, 3.8) is 0 Å². The average molecular weight is 1030 g/mol. The number of ketones is 2. The van der Waals surface area contributed by atoms with E-state index in [1.165, 1.54) is 32.6 Å². The van der Waals surface area contributed by atoms with Crippen LogP contribution in [0.4, 0.5) is 5.82 Å². The number of carbonyl (C=O) groups excluding carboxylic acids is 4. The van der Waals surface area contributed by atoms with Gasteiger partial charge in [0.1, 0.15) is 34.1 Å². The van der Waals surface area contributed by atoms with Gasteiger partial charge in [0.05, 0.1) is 24.2 Å². The molecule has 22 heteroatoms. The first-order valence-electron chi connectivity index (χ1n) is 19.4. The van der Waals surface area contributed by atoms with Crippen LogP contribution in [-0.4, -0.2) is 118 Å². The summed E-state index contributed by atoms with van der Waals surface area (Å²) in [5.41, 5.74) is 9.42. The number of fused-ring (bicyclic) bond motifs is 3. The number of nitrogens with two attached hydrogens (primary N) is 1. The number of aliphatic hydroxyl groups excluding tert-OH is 1. The Morgan fingerprint density at radius 3 is 1.61 bits per heavy atom. The fraction of sp³-hybridized carbons (Fsp3) is 0.318. The van der Waals surface area contributed by atoms with E-state index in [4.69, 9.17) is 28.0 Å². The number of hydrogen-bond acceptors (Lipinski definition) is 15. The van der Waals surface area contributed by atoms with Crippen molar-refractivity contribution in [3.05, 3.63) is 133 Å². The summed E-state index contributed by atoms with van der Waals surface area (Å²) in [6.07, 6.45) is 18.4. The molecule has 66 heavy (non-hydrogen) atoms. The number of hydrogen-bond donors (Lipinski definition) is 2. The second-order valence-electron chi connectivity index (χ2n) is 12.5. The molecule has 2 saturated heterocycles. The monoisotopic (exact) mass is 1030 g/mol. The van der Waals surface area contributed by atoms with E-state index in [0.29, 0.717) is 22.9 Å². The minimum atomic E-state index is -1.44. The maximum absolute atomic E-state index is 10.9. The number of anilines is 1. The summed E-state index contributed by atoms with van der Waals surface area (Å²) in [5.74, 6) is -0.743. The molecule has 0 radical (unpaired) electrons. The molecule has 7 aromatic rings. The predicted molar refractivity (Wildman–Crippen MR) is 250 cm³/mol. The van der Waals surface area contributed by atoms with Gasteiger partial charge in [-0.3, -0.25) is 14.4 Å². The van der Waals surface area contributed by atoms with Gasteiger partial charge >= 0.3 is 47.3 Å². The summed E-state index contributed by atoms with van der Waals surface area (Å²) in [5, 5.41) is 8.80. The van der Waals surface area contributed by atoms with Crippen molar-refractivity contribution in [3.8, 4) is 0 Å². The Morgan fingerprint density at radius 2 is 1.27 bits per heavy atom. The molecule has 18 nitrogen and oxygen atoms in total. The van der Waals surface area contributed by atoms with E-state index in [1.54, 1.807) is 31.6 Å². The number of ether oxygens (including phenoxy) is 3. The Balaban J connectivity index is -0.000000712. The van der Waals surface area contributed by atoms with Gasteiger partial charge in [-0.25, -0.2) is 24.7 Å². The number of nitrogen functional groups attached to an aromatic ring is 1. The minimum absolute atomic E-state index is 0. The number of carbonyl (C=O) groups is 4. The van der Waals surface area contributed by atoms with Gasteiger partial charge in [-0.1, -0.05) is 47.6 Å². The van der Waals surface area contributed by atoms with Crippen molar-refractivity contribution in [1.82, 2.24) is 33.1 Å². The third kappa shape index (κ3) is 26.3. The second-order valence-corrected chi connectivity index (χ2v) is 13.2. The molecule has 2 aliphatic rings. The summed E-state index contributed by atoms with van der Waals surface area (Å²) in [4.78, 5) is 58.0. The van der Waals surface area contributed by atoms with Crippen LogP contribution in [0, 0.1) is 0 Å². The molecule has 0 bridgehead atoms. The third-order valence-corrected chi connectivity index (χ3v) is 8.28. The molecule has 2 fully saturated rings. The van der Waals surface area contributed by atoms with Crippen LogP contribution in [0.5, 0.6) is 0 Å². The molecular formula is C44H59AlBrLiMnN8O10. The van der Waals surface area contributed by atoms with Gasteiger partial charge in [-0.15, -0.1) is 0 Å². The number of nitrogens with zero attached hydrogens (tertiary/aromatic N) is 7. The van der Waals surface area contributed by atoms with Crippen molar-refractivity contribution in [1.29, 1.82) is 0 Å². The summed E-state index contributed by atoms with van der Waals surface area (Å²) < 4.78 is 36.6. The SMILES string of the molecule is C.C1CCOC1.C1CCOC1.CC(=O)c1cn2ccccc2n1.CCOC(=O)C(=O)CBr.Nc1ccccn1.O=Cc1cn2ccccc2n1.OCc1cn2ccccc2n1.[AlH3].[H-].[Li+].[O]=[Mn]=[O]. The van der Waals surface area contributed by atoms with E-state index in [0.717, 1.165) is 49.7 Å². The number of esters is 1. The number of pyridine rings is 4. The Morgan fingerprint density at radius 1 is 0.803 bits per heavy atom. The number of aliphatic hydroxyl groups is 1. The van der Waals surface area contributed by atoms with Crippen molar-refractivity contribution in [2.24, 2.45) is 0 Å². The summed E-state index contributed by atoms with van der Waals surface area (Å²) in [7, 11) is 0. The van der Waals surface area contributed by atoms with Crippen LogP contribution in [0.2, 0.25) is 0 Å². The third-order valence-electron chi connectivity index (χ3n) is 7.77. The zero-order valence-corrected chi connectivity index (χ0v) is 38.7. The fourth-order valence-electron chi connectivity index (χ4n) is 4.84. The topological polar surface area (TPSA) is 241 Å². The summed E-state index contributed by atoms with van der Waals surface area (Å²) in [6, 6.07) is 22.5. The molecular weight excluding hydrogens is 969 g/mol. The Labute approximate surface area is 422 Å². The van der Waals surface area contributed by atoms with Crippen LogP contribution in [0.3, 0.4) is 0 Å². The molecule has 9 rings (SSSR count). The van der Waals surface area contributed by atoms with Gasteiger partial charge in [0, 0.05) is 76.7 Å². The Bertz CT molecular complexity index is 2310. The van der Waals surface area contributed by atoms with Crippen LogP contribution in [0.15, 0.2) is 116 Å². The van der Waals surface area contributed by atoms with Gasteiger partial charge < -0.3 is 39.7 Å². The van der Waals surface area contributed by atoms with Crippen LogP contribution >= 0.6 is 15.9 Å². The number of alkyl halides is 1. The summed E-state index contributed by atoms with van der Waals surface area (Å²) >= 11 is 1.40. The van der Waals surface area contributed by atoms with Crippen molar-refractivity contribution in [2.45, 2.75) is 53.6 Å². The normalized spacial score (nSPS) is 11.3. The van der Waals surface area contributed by atoms with Gasteiger partial charge in [0.25, 0.3) is 0 Å². The van der Waals surface area contributed by atoms with Crippen LogP contribution in [-0.2, 0) is 52.9 Å². The van der Waals surface area contributed by atoms with E-state index in [1.807, 2.05) is 105 Å². The van der Waals surface area contributed by atoms with Gasteiger partial charge in [-0.05, 0) is 81.1 Å². The zero-order chi connectivity index (χ0) is 46.1. The molecule has 0 unspecified atom stereocenters. The zero-order valence-electron chi connectivity index (χ0n) is 36.9. The van der Waals surface area contributed by atoms with Crippen LogP contribution in [0.25, 0.3) is 16.9 Å². The molecule has 0 spiro atoms. The van der Waals surface area contributed by atoms with Gasteiger partial charge in [0.15, 0.2) is 29.4 Å². The molecule has 0 saturated carbocycles. The van der Waals surface area contributed by atoms with Crippen molar-refractivity contribution < 1.29 is 81.3 Å². The van der Waals surface area contributed by atoms with E-state index in [2.05, 4.69) is 40.6 Å². The quantitative estimate of drug-likeness (QED) is 0.0608. The predicted octanol–water partition coefficient (Wildman–Crippen LogP) is 2.61. The second kappa shape index (κ2) is 39.3. The number of rotatable bonds is 6. The molecule has 0 atom stereocenters. The van der Waals surface area contributed by atoms with E-state index >= 15 is 0 Å². The molecule has 2 aliphatic heterocycles. The van der Waals surface area contributed by atoms with Gasteiger partial charge in [0.2, 0.25) is 5.78 Å². The fourth-order valence-corrected chi connectivity index (χ4v) is 5.07. The molecule has 0 aromatic carbocycles. The first-order valence-corrected chi connectivity index (χ1v) is 21.5. The Hall–Kier alpha value is -4.89. The van der Waals surface area contributed by atoms with Crippen molar-refractivity contribution in [2.75, 3.05) is 44.1 Å². The maximum atomic E-state index is 10.9. The van der Waals surface area contributed by atoms with E-state index < -0.39 is 26.6 Å². The van der Waals surface area contributed by atoms with Crippen molar-refractivity contribution >= 4 is 79.9 Å². The number of Topliss-reactive ketones (excluding diaryl/α,β-unsaturated/α-hetero) is 2. The Kier molecular flexibility index (Phi) is 37.6. The number of aldehydes is 1. The van der Waals surface area contributed by atoms with Crippen LogP contribution < -0.4 is 24.6 Å². The van der Waals surface area contributed by atoms with E-state index in [9.17, 15) is 19.2 Å². The number of aromatic nitrogens is 7. The molecule has 0 amide bonds. The molecule has 353 valence electrons. The average Bonchev–Trinajstić information content (AvgIpc) is 4.18. The first-order chi connectivity index (χ1) is 30.6. The van der Waals surface area contributed by atoms with Gasteiger partial charge in [-0.2, -0.15) is 0 Å². The first kappa shape index (κ1) is 63.2. The number of imidazole rings is 3.